The zero-order valence-corrected chi connectivity index (χ0v) is 9.27. The number of hydrogen-bond donors (Lipinski definition) is 2. The van der Waals surface area contributed by atoms with Crippen molar-refractivity contribution in [2.45, 2.75) is 13.8 Å². The van der Waals surface area contributed by atoms with Crippen LogP contribution < -0.4 is 10.2 Å². The van der Waals surface area contributed by atoms with Crippen molar-refractivity contribution in [1.29, 1.82) is 0 Å². The Balaban J connectivity index is 2.77. The van der Waals surface area contributed by atoms with E-state index in [4.69, 9.17) is 5.11 Å². The Morgan fingerprint density at radius 2 is 2.20 bits per heavy atom. The fraction of sp³-hybridized carbons (Fsp3) is 0.600. The summed E-state index contributed by atoms with van der Waals surface area (Å²) in [5.41, 5.74) is 0. The van der Waals surface area contributed by atoms with Gasteiger partial charge in [0.2, 0.25) is 0 Å². The molecule has 2 N–H and O–H groups in total. The van der Waals surface area contributed by atoms with E-state index in [9.17, 15) is 0 Å². The van der Waals surface area contributed by atoms with E-state index in [1.54, 1.807) is 12.4 Å². The smallest absolute Gasteiger partial charge is 0.149 e. The van der Waals surface area contributed by atoms with E-state index in [0.29, 0.717) is 6.54 Å². The highest BCUT2D eigenvalue weighted by molar-refractivity contribution is 5.43. The first-order valence-corrected chi connectivity index (χ1v) is 5.23. The second kappa shape index (κ2) is 6.19. The van der Waals surface area contributed by atoms with Gasteiger partial charge in [-0.1, -0.05) is 0 Å². The lowest BCUT2D eigenvalue weighted by Gasteiger charge is -2.20. The minimum absolute atomic E-state index is 0.126. The average Bonchev–Trinajstić information content (AvgIpc) is 2.27. The number of aliphatic hydroxyl groups is 1. The van der Waals surface area contributed by atoms with Gasteiger partial charge in [-0.15, -0.1) is 0 Å². The fourth-order valence-electron chi connectivity index (χ4n) is 1.33. The van der Waals surface area contributed by atoms with E-state index in [2.05, 4.69) is 15.3 Å². The maximum absolute atomic E-state index is 8.90. The minimum Gasteiger partial charge on any atom is -0.395 e. The number of likely N-dealkylation sites (N-methyl/N-ethyl adjacent to an activating group) is 1. The van der Waals surface area contributed by atoms with Crippen LogP contribution in [0.4, 0.5) is 11.6 Å². The normalized spacial score (nSPS) is 10.1. The molecule has 1 rings (SSSR count). The van der Waals surface area contributed by atoms with E-state index >= 15 is 0 Å². The van der Waals surface area contributed by atoms with E-state index in [-0.39, 0.29) is 6.61 Å². The molecule has 1 aromatic heterocycles. The van der Waals surface area contributed by atoms with Crippen LogP contribution in [0, 0.1) is 0 Å². The Bertz CT molecular complexity index is 293. The molecule has 1 aromatic rings. The van der Waals surface area contributed by atoms with Gasteiger partial charge in [-0.05, 0) is 13.8 Å². The molecule has 5 heteroatoms. The van der Waals surface area contributed by atoms with Gasteiger partial charge in [-0.2, -0.15) is 0 Å². The van der Waals surface area contributed by atoms with Gasteiger partial charge < -0.3 is 15.3 Å². The minimum atomic E-state index is 0.126. The molecule has 0 aromatic carbocycles. The Hall–Kier alpha value is -1.36. The van der Waals surface area contributed by atoms with Crippen molar-refractivity contribution in [3.8, 4) is 0 Å². The number of aromatic nitrogens is 2. The molecule has 0 aliphatic rings. The summed E-state index contributed by atoms with van der Waals surface area (Å²) in [5, 5.41) is 12.0. The van der Waals surface area contributed by atoms with Crippen LogP contribution in [0.1, 0.15) is 13.8 Å². The van der Waals surface area contributed by atoms with Crippen molar-refractivity contribution in [3.63, 3.8) is 0 Å². The summed E-state index contributed by atoms with van der Waals surface area (Å²) in [7, 11) is 0. The van der Waals surface area contributed by atoms with Crippen molar-refractivity contribution >= 4 is 11.6 Å². The maximum atomic E-state index is 8.90. The zero-order chi connectivity index (χ0) is 11.1. The molecule has 0 bridgehead atoms. The standard InChI is InChI=1S/C10H18N4O/c1-3-12-9-7-11-8-10(13-9)14(4-2)5-6-15/h7-8,15H,3-6H2,1-2H3,(H,12,13). The highest BCUT2D eigenvalue weighted by Crippen LogP contribution is 2.11. The highest BCUT2D eigenvalue weighted by Gasteiger charge is 2.05. The Morgan fingerprint density at radius 3 is 2.80 bits per heavy atom. The van der Waals surface area contributed by atoms with Gasteiger partial charge >= 0.3 is 0 Å². The number of nitrogens with one attached hydrogen (secondary N) is 1. The second-order valence-corrected chi connectivity index (χ2v) is 3.10. The molecule has 1 heterocycles. The van der Waals surface area contributed by atoms with Crippen molar-refractivity contribution in [1.82, 2.24) is 9.97 Å². The molecule has 0 aliphatic carbocycles. The topological polar surface area (TPSA) is 61.3 Å². The summed E-state index contributed by atoms with van der Waals surface area (Å²) in [5.74, 6) is 1.57. The molecule has 0 aliphatic heterocycles. The molecule has 0 radical (unpaired) electrons. The number of hydrogen-bond acceptors (Lipinski definition) is 5. The third-order valence-electron chi connectivity index (χ3n) is 2.06. The number of nitrogens with zero attached hydrogens (tertiary/aromatic N) is 3. The van der Waals surface area contributed by atoms with E-state index < -0.39 is 0 Å². The Morgan fingerprint density at radius 1 is 1.40 bits per heavy atom. The third kappa shape index (κ3) is 3.36. The molecular formula is C10H18N4O. The maximum Gasteiger partial charge on any atom is 0.149 e. The van der Waals surface area contributed by atoms with Gasteiger partial charge in [0.05, 0.1) is 19.0 Å². The van der Waals surface area contributed by atoms with Crippen LogP contribution in [0.2, 0.25) is 0 Å². The summed E-state index contributed by atoms with van der Waals surface area (Å²) in [6.45, 7) is 6.38. The van der Waals surface area contributed by atoms with Gasteiger partial charge in [0.15, 0.2) is 0 Å². The number of rotatable bonds is 6. The van der Waals surface area contributed by atoms with Crippen molar-refractivity contribution in [2.24, 2.45) is 0 Å². The average molecular weight is 210 g/mol. The van der Waals surface area contributed by atoms with Gasteiger partial charge in [-0.25, -0.2) is 4.98 Å². The van der Waals surface area contributed by atoms with E-state index in [1.165, 1.54) is 0 Å². The quantitative estimate of drug-likeness (QED) is 0.724. The van der Waals surface area contributed by atoms with Gasteiger partial charge in [0, 0.05) is 19.6 Å². The molecule has 0 unspecified atom stereocenters. The molecule has 0 atom stereocenters. The van der Waals surface area contributed by atoms with Crippen LogP contribution in [0.3, 0.4) is 0 Å². The third-order valence-corrected chi connectivity index (χ3v) is 2.06. The van der Waals surface area contributed by atoms with Crippen molar-refractivity contribution < 1.29 is 5.11 Å². The van der Waals surface area contributed by atoms with Gasteiger partial charge in [0.25, 0.3) is 0 Å². The summed E-state index contributed by atoms with van der Waals surface area (Å²) in [4.78, 5) is 10.5. The molecular weight excluding hydrogens is 192 g/mol. The summed E-state index contributed by atoms with van der Waals surface area (Å²) in [6.07, 6.45) is 3.40. The van der Waals surface area contributed by atoms with Crippen LogP contribution in [0.15, 0.2) is 12.4 Å². The molecule has 0 saturated heterocycles. The summed E-state index contributed by atoms with van der Waals surface area (Å²) < 4.78 is 0. The zero-order valence-electron chi connectivity index (χ0n) is 9.27. The molecule has 0 amide bonds. The molecule has 15 heavy (non-hydrogen) atoms. The SMILES string of the molecule is CCNc1cncc(N(CC)CCO)n1. The van der Waals surface area contributed by atoms with Crippen molar-refractivity contribution in [3.05, 3.63) is 12.4 Å². The van der Waals surface area contributed by atoms with Crippen LogP contribution >= 0.6 is 0 Å². The van der Waals surface area contributed by atoms with Crippen LogP contribution in [-0.4, -0.2) is 41.3 Å². The lowest BCUT2D eigenvalue weighted by Crippen LogP contribution is -2.27. The molecule has 0 fully saturated rings. The lowest BCUT2D eigenvalue weighted by atomic mass is 10.4. The van der Waals surface area contributed by atoms with E-state index in [1.807, 2.05) is 18.7 Å². The van der Waals surface area contributed by atoms with Crippen LogP contribution in [0.5, 0.6) is 0 Å². The Labute approximate surface area is 90.2 Å². The first kappa shape index (κ1) is 11.7. The van der Waals surface area contributed by atoms with E-state index in [0.717, 1.165) is 24.7 Å². The monoisotopic (exact) mass is 210 g/mol. The first-order valence-electron chi connectivity index (χ1n) is 5.23. The molecule has 0 spiro atoms. The largest absolute Gasteiger partial charge is 0.395 e. The highest BCUT2D eigenvalue weighted by atomic mass is 16.3. The lowest BCUT2D eigenvalue weighted by molar-refractivity contribution is 0.302. The molecule has 5 nitrogen and oxygen atoms in total. The molecule has 0 saturated carbocycles. The predicted octanol–water partition coefficient (Wildman–Crippen LogP) is 0.727. The van der Waals surface area contributed by atoms with Crippen molar-refractivity contribution in [2.75, 3.05) is 36.5 Å². The first-order chi connectivity index (χ1) is 7.31. The summed E-state index contributed by atoms with van der Waals surface area (Å²) in [6, 6.07) is 0. The van der Waals surface area contributed by atoms with Gasteiger partial charge in [0.1, 0.15) is 11.6 Å². The van der Waals surface area contributed by atoms with Crippen LogP contribution in [-0.2, 0) is 0 Å². The fourth-order valence-corrected chi connectivity index (χ4v) is 1.33. The van der Waals surface area contributed by atoms with Crippen LogP contribution in [0.25, 0.3) is 0 Å². The van der Waals surface area contributed by atoms with Gasteiger partial charge in [-0.3, -0.25) is 4.98 Å². The molecule has 84 valence electrons. The number of anilines is 2. The second-order valence-electron chi connectivity index (χ2n) is 3.10. The Kier molecular flexibility index (Phi) is 4.83. The summed E-state index contributed by atoms with van der Waals surface area (Å²) >= 11 is 0. The predicted molar refractivity (Wildman–Crippen MR) is 61.2 cm³/mol. The number of aliphatic hydroxyl groups excluding tert-OH is 1.